The Balaban J connectivity index is 1.71. The number of nitrogens with zero attached hydrogens (tertiary/aromatic N) is 2. The maximum atomic E-state index is 11.9. The summed E-state index contributed by atoms with van der Waals surface area (Å²) in [7, 11) is 0. The lowest BCUT2D eigenvalue weighted by atomic mass is 10.2. The summed E-state index contributed by atoms with van der Waals surface area (Å²) in [6.45, 7) is 6.25. The average Bonchev–Trinajstić information content (AvgIpc) is 3.10. The Labute approximate surface area is 130 Å². The molecule has 0 aliphatic carbocycles. The molecule has 1 saturated heterocycles. The zero-order valence-electron chi connectivity index (χ0n) is 13.3. The van der Waals surface area contributed by atoms with Crippen LogP contribution in [0.1, 0.15) is 33.1 Å². The van der Waals surface area contributed by atoms with Crippen molar-refractivity contribution in [3.05, 3.63) is 12.4 Å². The molecule has 122 valence electrons. The van der Waals surface area contributed by atoms with Gasteiger partial charge in [-0.25, -0.2) is 4.98 Å². The number of anilines is 1. The lowest BCUT2D eigenvalue weighted by molar-refractivity contribution is -0.122. The quantitative estimate of drug-likeness (QED) is 0.693. The first-order chi connectivity index (χ1) is 10.6. The van der Waals surface area contributed by atoms with E-state index in [-0.39, 0.29) is 24.3 Å². The monoisotopic (exact) mass is 307 g/mol. The molecule has 1 aliphatic rings. The molecule has 0 aromatic carbocycles. The topological polar surface area (TPSA) is 88.1 Å². The number of imidazole rings is 1. The molecule has 2 heterocycles. The van der Waals surface area contributed by atoms with Gasteiger partial charge in [0.05, 0.1) is 6.04 Å². The fraction of sp³-hybridized carbons (Fsp3) is 0.667. The molecule has 0 bridgehead atoms. The summed E-state index contributed by atoms with van der Waals surface area (Å²) in [5.74, 6) is 0.869. The van der Waals surface area contributed by atoms with Gasteiger partial charge < -0.3 is 15.2 Å². The number of hydrogen-bond donors (Lipinski definition) is 3. The number of amides is 2. The molecule has 2 amide bonds. The highest BCUT2D eigenvalue weighted by Crippen LogP contribution is 2.08. The van der Waals surface area contributed by atoms with Crippen LogP contribution < -0.4 is 16.0 Å². The summed E-state index contributed by atoms with van der Waals surface area (Å²) < 4.78 is 1.92. The van der Waals surface area contributed by atoms with Gasteiger partial charge in [-0.3, -0.25) is 14.9 Å². The fourth-order valence-corrected chi connectivity index (χ4v) is 2.49. The molecule has 7 heteroatoms. The SMILES string of the molecule is CC(C)Cn1ccnc1NC(=O)CCNC(=O)C1CCCN1. The van der Waals surface area contributed by atoms with E-state index in [9.17, 15) is 9.59 Å². The predicted molar refractivity (Wildman–Crippen MR) is 84.3 cm³/mol. The van der Waals surface area contributed by atoms with Crippen molar-refractivity contribution in [3.63, 3.8) is 0 Å². The molecule has 7 nitrogen and oxygen atoms in total. The minimum Gasteiger partial charge on any atom is -0.354 e. The predicted octanol–water partition coefficient (Wildman–Crippen LogP) is 0.736. The maximum Gasteiger partial charge on any atom is 0.237 e. The van der Waals surface area contributed by atoms with Gasteiger partial charge in [-0.05, 0) is 25.3 Å². The highest BCUT2D eigenvalue weighted by atomic mass is 16.2. The summed E-state index contributed by atoms with van der Waals surface area (Å²) in [6.07, 6.45) is 5.66. The number of nitrogens with one attached hydrogen (secondary N) is 3. The molecule has 1 aliphatic heterocycles. The van der Waals surface area contributed by atoms with Gasteiger partial charge in [-0.15, -0.1) is 0 Å². The average molecular weight is 307 g/mol. The molecule has 0 spiro atoms. The summed E-state index contributed by atoms with van der Waals surface area (Å²) in [5.41, 5.74) is 0. The highest BCUT2D eigenvalue weighted by molar-refractivity contribution is 5.89. The Kier molecular flexibility index (Phi) is 5.94. The van der Waals surface area contributed by atoms with Crippen molar-refractivity contribution < 1.29 is 9.59 Å². The summed E-state index contributed by atoms with van der Waals surface area (Å²) in [6, 6.07) is -0.104. The van der Waals surface area contributed by atoms with Crippen LogP contribution in [-0.2, 0) is 16.1 Å². The molecular formula is C15H25N5O2. The van der Waals surface area contributed by atoms with Gasteiger partial charge in [-0.2, -0.15) is 0 Å². The van der Waals surface area contributed by atoms with Crippen molar-refractivity contribution in [1.29, 1.82) is 0 Å². The molecule has 2 rings (SSSR count). The van der Waals surface area contributed by atoms with Crippen molar-refractivity contribution in [2.45, 2.75) is 45.7 Å². The van der Waals surface area contributed by atoms with Gasteiger partial charge in [0.1, 0.15) is 0 Å². The van der Waals surface area contributed by atoms with E-state index >= 15 is 0 Å². The van der Waals surface area contributed by atoms with E-state index in [2.05, 4.69) is 34.8 Å². The second-order valence-electron chi connectivity index (χ2n) is 6.04. The van der Waals surface area contributed by atoms with E-state index in [1.807, 2.05) is 10.8 Å². The lowest BCUT2D eigenvalue weighted by Crippen LogP contribution is -2.41. The molecule has 1 unspecified atom stereocenters. The van der Waals surface area contributed by atoms with E-state index in [4.69, 9.17) is 0 Å². The summed E-state index contributed by atoms with van der Waals surface area (Å²) >= 11 is 0. The Bertz CT molecular complexity index is 506. The van der Waals surface area contributed by atoms with Crippen LogP contribution in [-0.4, -0.2) is 40.5 Å². The summed E-state index contributed by atoms with van der Waals surface area (Å²) in [4.78, 5) is 27.9. The van der Waals surface area contributed by atoms with Gasteiger partial charge in [0.25, 0.3) is 0 Å². The normalized spacial score (nSPS) is 17.7. The van der Waals surface area contributed by atoms with Crippen LogP contribution in [0.3, 0.4) is 0 Å². The second-order valence-corrected chi connectivity index (χ2v) is 6.04. The van der Waals surface area contributed by atoms with E-state index < -0.39 is 0 Å². The van der Waals surface area contributed by atoms with Crippen LogP contribution in [0.15, 0.2) is 12.4 Å². The van der Waals surface area contributed by atoms with E-state index in [0.29, 0.717) is 18.4 Å². The minimum absolute atomic E-state index is 0.0217. The van der Waals surface area contributed by atoms with Crippen molar-refractivity contribution in [2.24, 2.45) is 5.92 Å². The lowest BCUT2D eigenvalue weighted by Gasteiger charge is -2.12. The van der Waals surface area contributed by atoms with E-state index in [1.54, 1.807) is 6.20 Å². The number of hydrogen-bond acceptors (Lipinski definition) is 4. The third-order valence-electron chi connectivity index (χ3n) is 3.56. The Morgan fingerprint density at radius 2 is 2.32 bits per heavy atom. The molecule has 1 fully saturated rings. The Morgan fingerprint density at radius 1 is 1.50 bits per heavy atom. The number of aromatic nitrogens is 2. The third kappa shape index (κ3) is 4.84. The van der Waals surface area contributed by atoms with Crippen LogP contribution in [0.4, 0.5) is 5.95 Å². The molecule has 22 heavy (non-hydrogen) atoms. The largest absolute Gasteiger partial charge is 0.354 e. The van der Waals surface area contributed by atoms with Crippen LogP contribution in [0.25, 0.3) is 0 Å². The van der Waals surface area contributed by atoms with Crippen LogP contribution in [0.5, 0.6) is 0 Å². The van der Waals surface area contributed by atoms with Crippen molar-refractivity contribution in [3.8, 4) is 0 Å². The molecular weight excluding hydrogens is 282 g/mol. The van der Waals surface area contributed by atoms with Crippen molar-refractivity contribution >= 4 is 17.8 Å². The number of carbonyl (C=O) groups excluding carboxylic acids is 2. The number of rotatable bonds is 7. The minimum atomic E-state index is -0.143. The van der Waals surface area contributed by atoms with Gasteiger partial charge in [0.2, 0.25) is 17.8 Å². The first kappa shape index (κ1) is 16.5. The fourth-order valence-electron chi connectivity index (χ4n) is 2.49. The van der Waals surface area contributed by atoms with Crippen LogP contribution >= 0.6 is 0 Å². The van der Waals surface area contributed by atoms with Gasteiger partial charge >= 0.3 is 0 Å². The van der Waals surface area contributed by atoms with Crippen LogP contribution in [0.2, 0.25) is 0 Å². The van der Waals surface area contributed by atoms with Gasteiger partial charge in [0, 0.05) is 31.9 Å². The van der Waals surface area contributed by atoms with Crippen LogP contribution in [0, 0.1) is 5.92 Å². The molecule has 3 N–H and O–H groups in total. The van der Waals surface area contributed by atoms with Gasteiger partial charge in [0.15, 0.2) is 0 Å². The summed E-state index contributed by atoms with van der Waals surface area (Å²) in [5, 5.41) is 8.71. The Hall–Kier alpha value is -1.89. The maximum absolute atomic E-state index is 11.9. The first-order valence-corrected chi connectivity index (χ1v) is 7.88. The zero-order chi connectivity index (χ0) is 15.9. The second kappa shape index (κ2) is 7.93. The van der Waals surface area contributed by atoms with Crippen molar-refractivity contribution in [2.75, 3.05) is 18.4 Å². The molecule has 0 saturated carbocycles. The Morgan fingerprint density at radius 3 is 3.00 bits per heavy atom. The molecule has 0 radical (unpaired) electrons. The zero-order valence-corrected chi connectivity index (χ0v) is 13.3. The highest BCUT2D eigenvalue weighted by Gasteiger charge is 2.21. The molecule has 1 atom stereocenters. The van der Waals surface area contributed by atoms with E-state index in [0.717, 1.165) is 25.9 Å². The smallest absolute Gasteiger partial charge is 0.237 e. The third-order valence-corrected chi connectivity index (χ3v) is 3.56. The van der Waals surface area contributed by atoms with Crippen molar-refractivity contribution in [1.82, 2.24) is 20.2 Å². The molecule has 1 aromatic heterocycles. The molecule has 1 aromatic rings. The van der Waals surface area contributed by atoms with Gasteiger partial charge in [-0.1, -0.05) is 13.8 Å². The number of carbonyl (C=O) groups is 2. The van der Waals surface area contributed by atoms with E-state index in [1.165, 1.54) is 0 Å². The standard InChI is InChI=1S/C15H25N5O2/c1-11(2)10-20-9-8-18-15(20)19-13(21)5-7-17-14(22)12-4-3-6-16-12/h8-9,11-12,16H,3-7,10H2,1-2H3,(H,17,22)(H,18,19,21). The first-order valence-electron chi connectivity index (χ1n) is 7.88.